The van der Waals surface area contributed by atoms with Crippen LogP contribution in [0.4, 0.5) is 17.3 Å². The minimum atomic E-state index is 0.807. The van der Waals surface area contributed by atoms with Crippen molar-refractivity contribution in [2.24, 2.45) is 0 Å². The lowest BCUT2D eigenvalue weighted by atomic mass is 10.2. The van der Waals surface area contributed by atoms with Gasteiger partial charge in [0.25, 0.3) is 0 Å². The standard InChI is InChI=1S/C15H19BrN4/c1-5-13-19-14(17-4)10(3)15(20-13)18-11-7-6-9(2)12(16)8-11/h6-8H,5H2,1-4H3,(H2,17,18,19,20). The third-order valence-corrected chi connectivity index (χ3v) is 4.03. The summed E-state index contributed by atoms with van der Waals surface area (Å²) in [5, 5.41) is 6.48. The number of halogens is 1. The highest BCUT2D eigenvalue weighted by Gasteiger charge is 2.09. The molecule has 1 aromatic heterocycles. The van der Waals surface area contributed by atoms with Crippen LogP contribution < -0.4 is 10.6 Å². The first-order valence-corrected chi connectivity index (χ1v) is 7.43. The van der Waals surface area contributed by atoms with Gasteiger partial charge in [-0.2, -0.15) is 0 Å². The van der Waals surface area contributed by atoms with Crippen molar-refractivity contribution in [1.29, 1.82) is 0 Å². The monoisotopic (exact) mass is 334 g/mol. The zero-order chi connectivity index (χ0) is 14.7. The lowest BCUT2D eigenvalue weighted by molar-refractivity contribution is 0.935. The summed E-state index contributed by atoms with van der Waals surface area (Å²) in [4.78, 5) is 9.04. The van der Waals surface area contributed by atoms with Crippen LogP contribution in [0.2, 0.25) is 0 Å². The highest BCUT2D eigenvalue weighted by Crippen LogP contribution is 2.26. The Morgan fingerprint density at radius 3 is 2.45 bits per heavy atom. The number of anilines is 3. The summed E-state index contributed by atoms with van der Waals surface area (Å²) < 4.78 is 1.08. The van der Waals surface area contributed by atoms with Crippen LogP contribution in [0.25, 0.3) is 0 Å². The normalized spacial score (nSPS) is 10.4. The van der Waals surface area contributed by atoms with Crippen LogP contribution in [0.1, 0.15) is 23.9 Å². The van der Waals surface area contributed by atoms with Crippen LogP contribution in [-0.4, -0.2) is 17.0 Å². The molecule has 0 radical (unpaired) electrons. The van der Waals surface area contributed by atoms with E-state index in [2.05, 4.69) is 62.5 Å². The van der Waals surface area contributed by atoms with Gasteiger partial charge in [-0.3, -0.25) is 0 Å². The summed E-state index contributed by atoms with van der Waals surface area (Å²) >= 11 is 3.55. The number of rotatable bonds is 4. The molecule has 0 aliphatic rings. The van der Waals surface area contributed by atoms with Crippen molar-refractivity contribution in [3.05, 3.63) is 39.6 Å². The molecule has 1 aromatic carbocycles. The average Bonchev–Trinajstić information content (AvgIpc) is 2.45. The largest absolute Gasteiger partial charge is 0.373 e. The SMILES string of the molecule is CCc1nc(NC)c(C)c(Nc2ccc(C)c(Br)c2)n1. The van der Waals surface area contributed by atoms with Crippen molar-refractivity contribution in [3.8, 4) is 0 Å². The van der Waals surface area contributed by atoms with Gasteiger partial charge in [-0.1, -0.05) is 28.9 Å². The maximum atomic E-state index is 4.57. The molecule has 1 heterocycles. The minimum Gasteiger partial charge on any atom is -0.373 e. The summed E-state index contributed by atoms with van der Waals surface area (Å²) in [6.07, 6.45) is 0.807. The molecule has 5 heteroatoms. The van der Waals surface area contributed by atoms with Gasteiger partial charge in [0, 0.05) is 29.2 Å². The van der Waals surface area contributed by atoms with Crippen molar-refractivity contribution in [3.63, 3.8) is 0 Å². The summed E-state index contributed by atoms with van der Waals surface area (Å²) in [5.41, 5.74) is 3.23. The van der Waals surface area contributed by atoms with Gasteiger partial charge in [-0.15, -0.1) is 0 Å². The predicted molar refractivity (Wildman–Crippen MR) is 87.9 cm³/mol. The number of benzene rings is 1. The van der Waals surface area contributed by atoms with Crippen molar-refractivity contribution in [1.82, 2.24) is 9.97 Å². The van der Waals surface area contributed by atoms with Crippen LogP contribution in [0.3, 0.4) is 0 Å². The second kappa shape index (κ2) is 6.22. The van der Waals surface area contributed by atoms with E-state index in [0.29, 0.717) is 0 Å². The molecule has 0 fully saturated rings. The molecule has 20 heavy (non-hydrogen) atoms. The molecular weight excluding hydrogens is 316 g/mol. The number of nitrogens with one attached hydrogen (secondary N) is 2. The maximum Gasteiger partial charge on any atom is 0.139 e. The Balaban J connectivity index is 2.39. The van der Waals surface area contributed by atoms with E-state index < -0.39 is 0 Å². The lowest BCUT2D eigenvalue weighted by Gasteiger charge is -2.14. The smallest absolute Gasteiger partial charge is 0.139 e. The number of hydrogen-bond acceptors (Lipinski definition) is 4. The molecule has 0 bridgehead atoms. The Morgan fingerprint density at radius 2 is 1.85 bits per heavy atom. The Kier molecular flexibility index (Phi) is 4.60. The van der Waals surface area contributed by atoms with Crippen molar-refractivity contribution >= 4 is 33.3 Å². The molecule has 0 unspecified atom stereocenters. The minimum absolute atomic E-state index is 0.807. The molecule has 2 aromatic rings. The van der Waals surface area contributed by atoms with Gasteiger partial charge in [0.2, 0.25) is 0 Å². The van der Waals surface area contributed by atoms with Crippen LogP contribution in [0.15, 0.2) is 22.7 Å². The fourth-order valence-corrected chi connectivity index (χ4v) is 2.27. The summed E-state index contributed by atoms with van der Waals surface area (Å²) in [6.45, 7) is 6.13. The van der Waals surface area contributed by atoms with Crippen LogP contribution in [0.5, 0.6) is 0 Å². The molecule has 106 valence electrons. The highest BCUT2D eigenvalue weighted by atomic mass is 79.9. The molecule has 0 amide bonds. The Bertz CT molecular complexity index is 626. The van der Waals surface area contributed by atoms with Gasteiger partial charge in [0.05, 0.1) is 0 Å². The van der Waals surface area contributed by atoms with E-state index in [9.17, 15) is 0 Å². The van der Waals surface area contributed by atoms with Crippen LogP contribution in [0, 0.1) is 13.8 Å². The van der Waals surface area contributed by atoms with E-state index in [4.69, 9.17) is 0 Å². The van der Waals surface area contributed by atoms with Gasteiger partial charge in [-0.25, -0.2) is 9.97 Å². The van der Waals surface area contributed by atoms with E-state index in [1.54, 1.807) is 0 Å². The zero-order valence-electron chi connectivity index (χ0n) is 12.2. The fraction of sp³-hybridized carbons (Fsp3) is 0.333. The number of hydrogen-bond donors (Lipinski definition) is 2. The third-order valence-electron chi connectivity index (χ3n) is 3.18. The molecule has 0 aliphatic heterocycles. The third kappa shape index (κ3) is 3.10. The average molecular weight is 335 g/mol. The zero-order valence-corrected chi connectivity index (χ0v) is 13.8. The molecule has 0 saturated heterocycles. The molecule has 0 spiro atoms. The van der Waals surface area contributed by atoms with E-state index in [0.717, 1.165) is 39.6 Å². The lowest BCUT2D eigenvalue weighted by Crippen LogP contribution is -2.06. The van der Waals surface area contributed by atoms with Gasteiger partial charge < -0.3 is 10.6 Å². The van der Waals surface area contributed by atoms with Gasteiger partial charge in [0.1, 0.15) is 17.5 Å². The summed E-state index contributed by atoms with van der Waals surface area (Å²) in [5.74, 6) is 2.54. The molecular formula is C15H19BrN4. The quantitative estimate of drug-likeness (QED) is 0.879. The topological polar surface area (TPSA) is 49.8 Å². The second-order valence-corrected chi connectivity index (χ2v) is 5.51. The summed E-state index contributed by atoms with van der Waals surface area (Å²) in [6, 6.07) is 6.18. The second-order valence-electron chi connectivity index (χ2n) is 4.65. The molecule has 0 atom stereocenters. The number of nitrogens with zero attached hydrogens (tertiary/aromatic N) is 2. The van der Waals surface area contributed by atoms with Crippen LogP contribution >= 0.6 is 15.9 Å². The first-order chi connectivity index (χ1) is 9.55. The van der Waals surface area contributed by atoms with Gasteiger partial charge in [0.15, 0.2) is 0 Å². The van der Waals surface area contributed by atoms with Crippen LogP contribution in [-0.2, 0) is 6.42 Å². The van der Waals surface area contributed by atoms with E-state index in [-0.39, 0.29) is 0 Å². The maximum absolute atomic E-state index is 4.57. The van der Waals surface area contributed by atoms with Crippen molar-refractivity contribution in [2.75, 3.05) is 17.7 Å². The van der Waals surface area contributed by atoms with E-state index >= 15 is 0 Å². The molecule has 0 saturated carbocycles. The van der Waals surface area contributed by atoms with Crippen molar-refractivity contribution < 1.29 is 0 Å². The molecule has 4 nitrogen and oxygen atoms in total. The van der Waals surface area contributed by atoms with Crippen molar-refractivity contribution in [2.45, 2.75) is 27.2 Å². The Morgan fingerprint density at radius 1 is 1.15 bits per heavy atom. The number of aromatic nitrogens is 2. The molecule has 2 rings (SSSR count). The molecule has 0 aliphatic carbocycles. The summed E-state index contributed by atoms with van der Waals surface area (Å²) in [7, 11) is 1.88. The van der Waals surface area contributed by atoms with Gasteiger partial charge in [-0.05, 0) is 31.5 Å². The van der Waals surface area contributed by atoms with E-state index in [1.165, 1.54) is 5.56 Å². The fourth-order valence-electron chi connectivity index (χ4n) is 1.89. The number of aryl methyl sites for hydroxylation is 2. The predicted octanol–water partition coefficient (Wildman–Crippen LogP) is 4.20. The Hall–Kier alpha value is -1.62. The highest BCUT2D eigenvalue weighted by molar-refractivity contribution is 9.10. The van der Waals surface area contributed by atoms with E-state index in [1.807, 2.05) is 20.0 Å². The first-order valence-electron chi connectivity index (χ1n) is 6.63. The van der Waals surface area contributed by atoms with Gasteiger partial charge >= 0.3 is 0 Å². The first kappa shape index (κ1) is 14.8. The Labute approximate surface area is 128 Å². The molecule has 2 N–H and O–H groups in total.